The summed E-state index contributed by atoms with van der Waals surface area (Å²) in [7, 11) is 2.16. The van der Waals surface area contributed by atoms with Gasteiger partial charge in [0, 0.05) is 25.2 Å². The summed E-state index contributed by atoms with van der Waals surface area (Å²) in [6, 6.07) is 9.76. The molecule has 1 aromatic rings. The van der Waals surface area contributed by atoms with Crippen molar-refractivity contribution in [3.05, 3.63) is 35.9 Å². The van der Waals surface area contributed by atoms with E-state index in [1.165, 1.54) is 0 Å². The zero-order valence-corrected chi connectivity index (χ0v) is 15.1. The van der Waals surface area contributed by atoms with Crippen LogP contribution in [-0.4, -0.2) is 74.4 Å². The molecular formula is C19H29N3O3. The molecule has 2 heterocycles. The van der Waals surface area contributed by atoms with E-state index in [1.807, 2.05) is 30.3 Å². The van der Waals surface area contributed by atoms with Gasteiger partial charge in [0.2, 0.25) is 0 Å². The van der Waals surface area contributed by atoms with Crippen LogP contribution < -0.4 is 5.32 Å². The van der Waals surface area contributed by atoms with E-state index in [2.05, 4.69) is 22.2 Å². The Morgan fingerprint density at radius 2 is 1.84 bits per heavy atom. The molecule has 6 heteroatoms. The van der Waals surface area contributed by atoms with E-state index in [1.54, 1.807) is 0 Å². The van der Waals surface area contributed by atoms with Crippen molar-refractivity contribution in [2.75, 3.05) is 53.0 Å². The molecule has 0 unspecified atom stereocenters. The Morgan fingerprint density at radius 1 is 1.16 bits per heavy atom. The van der Waals surface area contributed by atoms with E-state index < -0.39 is 0 Å². The van der Waals surface area contributed by atoms with Crippen LogP contribution in [-0.2, 0) is 16.1 Å². The minimum Gasteiger partial charge on any atom is -0.445 e. The number of alkyl carbamates (subject to hydrolysis) is 1. The van der Waals surface area contributed by atoms with Gasteiger partial charge in [0.05, 0.1) is 13.2 Å². The fraction of sp³-hybridized carbons (Fsp3) is 0.632. The van der Waals surface area contributed by atoms with Gasteiger partial charge in [-0.25, -0.2) is 4.79 Å². The van der Waals surface area contributed by atoms with Gasteiger partial charge in [-0.1, -0.05) is 30.3 Å². The topological polar surface area (TPSA) is 54.0 Å². The summed E-state index contributed by atoms with van der Waals surface area (Å²) in [5.41, 5.74) is 1.02. The van der Waals surface area contributed by atoms with Gasteiger partial charge in [-0.3, -0.25) is 4.90 Å². The SMILES string of the molecule is CN1CCC(CNC(=O)OCc2ccccc2)(N2CCOCC2)CC1. The van der Waals surface area contributed by atoms with Crippen LogP contribution in [0.1, 0.15) is 18.4 Å². The molecule has 1 aromatic carbocycles. The summed E-state index contributed by atoms with van der Waals surface area (Å²) in [5.74, 6) is 0. The van der Waals surface area contributed by atoms with Crippen molar-refractivity contribution < 1.29 is 14.3 Å². The minimum atomic E-state index is -0.338. The molecule has 0 aromatic heterocycles. The summed E-state index contributed by atoms with van der Waals surface area (Å²) in [4.78, 5) is 17.0. The standard InChI is InChI=1S/C19H29N3O3/c1-21-9-7-19(8-10-21,22-11-13-24-14-12-22)16-20-18(23)25-15-17-5-3-2-4-6-17/h2-6H,7-16H2,1H3,(H,20,23). The van der Waals surface area contributed by atoms with Crippen LogP contribution in [0.4, 0.5) is 4.79 Å². The van der Waals surface area contributed by atoms with Crippen molar-refractivity contribution in [3.63, 3.8) is 0 Å². The Kier molecular flexibility index (Phi) is 6.29. The first kappa shape index (κ1) is 18.2. The predicted octanol–water partition coefficient (Wildman–Crippen LogP) is 1.71. The van der Waals surface area contributed by atoms with E-state index in [0.29, 0.717) is 13.2 Å². The molecule has 1 amide bonds. The number of hydrogen-bond acceptors (Lipinski definition) is 5. The van der Waals surface area contributed by atoms with E-state index in [4.69, 9.17) is 9.47 Å². The van der Waals surface area contributed by atoms with E-state index in [9.17, 15) is 4.79 Å². The van der Waals surface area contributed by atoms with Gasteiger partial charge >= 0.3 is 6.09 Å². The smallest absolute Gasteiger partial charge is 0.407 e. The highest BCUT2D eigenvalue weighted by Gasteiger charge is 2.40. The van der Waals surface area contributed by atoms with E-state index in [-0.39, 0.29) is 11.6 Å². The highest BCUT2D eigenvalue weighted by molar-refractivity contribution is 5.67. The zero-order chi connectivity index (χ0) is 17.5. The van der Waals surface area contributed by atoms with Crippen LogP contribution in [0.2, 0.25) is 0 Å². The predicted molar refractivity (Wildman–Crippen MR) is 96.5 cm³/mol. The molecule has 2 saturated heterocycles. The van der Waals surface area contributed by atoms with Crippen molar-refractivity contribution in [2.24, 2.45) is 0 Å². The lowest BCUT2D eigenvalue weighted by atomic mass is 9.85. The summed E-state index contributed by atoms with van der Waals surface area (Å²) in [6.45, 7) is 6.46. The molecule has 2 aliphatic rings. The second-order valence-corrected chi connectivity index (χ2v) is 7.04. The van der Waals surface area contributed by atoms with Crippen LogP contribution >= 0.6 is 0 Å². The Labute approximate surface area is 150 Å². The van der Waals surface area contributed by atoms with Gasteiger partial charge in [-0.15, -0.1) is 0 Å². The Bertz CT molecular complexity index is 538. The second kappa shape index (κ2) is 8.65. The number of nitrogens with zero attached hydrogens (tertiary/aromatic N) is 2. The van der Waals surface area contributed by atoms with Crippen molar-refractivity contribution >= 4 is 6.09 Å². The van der Waals surface area contributed by atoms with Gasteiger partial charge < -0.3 is 19.7 Å². The molecule has 138 valence electrons. The van der Waals surface area contributed by atoms with Crippen LogP contribution in [0.3, 0.4) is 0 Å². The summed E-state index contributed by atoms with van der Waals surface area (Å²) >= 11 is 0. The normalized spacial score (nSPS) is 21.6. The lowest BCUT2D eigenvalue weighted by molar-refractivity contribution is -0.0444. The molecule has 0 atom stereocenters. The number of likely N-dealkylation sites (tertiary alicyclic amines) is 1. The largest absolute Gasteiger partial charge is 0.445 e. The lowest BCUT2D eigenvalue weighted by Crippen LogP contribution is -2.62. The Hall–Kier alpha value is -1.63. The number of ether oxygens (including phenoxy) is 2. The van der Waals surface area contributed by atoms with Crippen LogP contribution in [0.15, 0.2) is 30.3 Å². The first-order valence-electron chi connectivity index (χ1n) is 9.14. The molecule has 0 aliphatic carbocycles. The number of hydrogen-bond donors (Lipinski definition) is 1. The molecule has 2 aliphatic heterocycles. The molecular weight excluding hydrogens is 318 g/mol. The van der Waals surface area contributed by atoms with Gasteiger partial charge in [-0.05, 0) is 38.5 Å². The average Bonchev–Trinajstić information content (AvgIpc) is 2.68. The van der Waals surface area contributed by atoms with Crippen LogP contribution in [0, 0.1) is 0 Å². The van der Waals surface area contributed by atoms with Gasteiger partial charge in [0.25, 0.3) is 0 Å². The maximum absolute atomic E-state index is 12.2. The van der Waals surface area contributed by atoms with E-state index >= 15 is 0 Å². The van der Waals surface area contributed by atoms with Gasteiger partial charge in [0.15, 0.2) is 0 Å². The summed E-state index contributed by atoms with van der Waals surface area (Å²) in [6.07, 6.45) is 1.78. The Balaban J connectivity index is 1.53. The lowest BCUT2D eigenvalue weighted by Gasteiger charge is -2.49. The van der Waals surface area contributed by atoms with Gasteiger partial charge in [-0.2, -0.15) is 0 Å². The van der Waals surface area contributed by atoms with Gasteiger partial charge in [0.1, 0.15) is 6.61 Å². The van der Waals surface area contributed by atoms with Crippen LogP contribution in [0.25, 0.3) is 0 Å². The number of nitrogens with one attached hydrogen (secondary N) is 1. The van der Waals surface area contributed by atoms with Crippen molar-refractivity contribution in [3.8, 4) is 0 Å². The molecule has 6 nitrogen and oxygen atoms in total. The third kappa shape index (κ3) is 4.93. The molecule has 3 rings (SSSR count). The first-order valence-corrected chi connectivity index (χ1v) is 9.14. The molecule has 2 fully saturated rings. The monoisotopic (exact) mass is 347 g/mol. The summed E-state index contributed by atoms with van der Waals surface area (Å²) in [5, 5.41) is 3.01. The van der Waals surface area contributed by atoms with E-state index in [0.717, 1.165) is 57.8 Å². The Morgan fingerprint density at radius 3 is 2.52 bits per heavy atom. The number of carbonyl (C=O) groups is 1. The molecule has 0 saturated carbocycles. The number of amides is 1. The maximum Gasteiger partial charge on any atom is 0.407 e. The molecule has 0 radical (unpaired) electrons. The maximum atomic E-state index is 12.2. The van der Waals surface area contributed by atoms with Crippen molar-refractivity contribution in [2.45, 2.75) is 25.0 Å². The fourth-order valence-electron chi connectivity index (χ4n) is 3.69. The zero-order valence-electron chi connectivity index (χ0n) is 15.1. The minimum absolute atomic E-state index is 0.0159. The first-order chi connectivity index (χ1) is 12.2. The third-order valence-corrected chi connectivity index (χ3v) is 5.37. The quantitative estimate of drug-likeness (QED) is 0.879. The average molecular weight is 347 g/mol. The molecule has 1 N–H and O–H groups in total. The molecule has 0 spiro atoms. The van der Waals surface area contributed by atoms with Crippen LogP contribution in [0.5, 0.6) is 0 Å². The number of carbonyl (C=O) groups excluding carboxylic acids is 1. The van der Waals surface area contributed by atoms with Crippen molar-refractivity contribution in [1.29, 1.82) is 0 Å². The number of rotatable bonds is 5. The fourth-order valence-corrected chi connectivity index (χ4v) is 3.69. The highest BCUT2D eigenvalue weighted by atomic mass is 16.5. The third-order valence-electron chi connectivity index (χ3n) is 5.37. The van der Waals surface area contributed by atoms with Crippen molar-refractivity contribution in [1.82, 2.24) is 15.1 Å². The number of benzene rings is 1. The summed E-state index contributed by atoms with van der Waals surface area (Å²) < 4.78 is 10.9. The number of piperidine rings is 1. The molecule has 25 heavy (non-hydrogen) atoms. The number of morpholine rings is 1. The second-order valence-electron chi connectivity index (χ2n) is 7.04. The molecule has 0 bridgehead atoms. The highest BCUT2D eigenvalue weighted by Crippen LogP contribution is 2.29.